The van der Waals surface area contributed by atoms with Gasteiger partial charge in [0, 0.05) is 11.6 Å². The van der Waals surface area contributed by atoms with Gasteiger partial charge in [-0.1, -0.05) is 35.9 Å². The first-order valence-electron chi connectivity index (χ1n) is 5.95. The van der Waals surface area contributed by atoms with Crippen molar-refractivity contribution in [2.24, 2.45) is 0 Å². The number of hydrogen-bond acceptors (Lipinski definition) is 3. The molecule has 0 spiro atoms. The number of halogens is 1. The van der Waals surface area contributed by atoms with Crippen LogP contribution in [0.4, 0.5) is 0 Å². The van der Waals surface area contributed by atoms with E-state index in [9.17, 15) is 8.42 Å². The molecule has 4 nitrogen and oxygen atoms in total. The molecule has 0 atom stereocenters. The Hall–Kier alpha value is -1.40. The second-order valence-corrected chi connectivity index (χ2v) is 6.46. The van der Waals surface area contributed by atoms with Crippen molar-refractivity contribution >= 4 is 21.6 Å². The standard InChI is InChI=1S/C14H14ClNO3S/c15-13-5-1-11(2-6-13)9-16-20(18,19)14-7-3-12(10-17)4-8-14/h1-8,16-17H,9-10H2. The Morgan fingerprint density at radius 3 is 2.05 bits per heavy atom. The Kier molecular flexibility index (Phi) is 4.77. The molecule has 0 bridgehead atoms. The maximum absolute atomic E-state index is 12.1. The second kappa shape index (κ2) is 6.37. The maximum atomic E-state index is 12.1. The van der Waals surface area contributed by atoms with Crippen molar-refractivity contribution in [3.8, 4) is 0 Å². The van der Waals surface area contributed by atoms with Crippen LogP contribution in [0.15, 0.2) is 53.4 Å². The Morgan fingerprint density at radius 1 is 0.950 bits per heavy atom. The van der Waals surface area contributed by atoms with Gasteiger partial charge in [0.15, 0.2) is 0 Å². The highest BCUT2D eigenvalue weighted by molar-refractivity contribution is 7.89. The number of rotatable bonds is 5. The number of sulfonamides is 1. The zero-order valence-corrected chi connectivity index (χ0v) is 12.2. The summed E-state index contributed by atoms with van der Waals surface area (Å²) < 4.78 is 26.7. The average Bonchev–Trinajstić information content (AvgIpc) is 2.47. The molecule has 6 heteroatoms. The van der Waals surface area contributed by atoms with Gasteiger partial charge in [-0.05, 0) is 35.4 Å². The summed E-state index contributed by atoms with van der Waals surface area (Å²) in [4.78, 5) is 0.170. The topological polar surface area (TPSA) is 66.4 Å². The molecule has 0 aliphatic carbocycles. The SMILES string of the molecule is O=S(=O)(NCc1ccc(Cl)cc1)c1ccc(CO)cc1. The highest BCUT2D eigenvalue weighted by Crippen LogP contribution is 2.13. The van der Waals surface area contributed by atoms with E-state index in [2.05, 4.69) is 4.72 Å². The molecule has 0 aliphatic rings. The highest BCUT2D eigenvalue weighted by Gasteiger charge is 2.13. The van der Waals surface area contributed by atoms with Gasteiger partial charge in [0.05, 0.1) is 11.5 Å². The Balaban J connectivity index is 2.08. The molecule has 0 saturated heterocycles. The molecule has 2 N–H and O–H groups in total. The van der Waals surface area contributed by atoms with Crippen molar-refractivity contribution in [1.82, 2.24) is 4.72 Å². The Labute approximate surface area is 123 Å². The maximum Gasteiger partial charge on any atom is 0.240 e. The summed E-state index contributed by atoms with van der Waals surface area (Å²) in [6.07, 6.45) is 0. The van der Waals surface area contributed by atoms with Gasteiger partial charge in [-0.2, -0.15) is 0 Å². The van der Waals surface area contributed by atoms with Crippen molar-refractivity contribution < 1.29 is 13.5 Å². The van der Waals surface area contributed by atoms with Crippen molar-refractivity contribution in [1.29, 1.82) is 0 Å². The summed E-state index contributed by atoms with van der Waals surface area (Å²) >= 11 is 5.77. The first kappa shape index (κ1) is 15.0. The minimum Gasteiger partial charge on any atom is -0.392 e. The van der Waals surface area contributed by atoms with Crippen LogP contribution in [-0.2, 0) is 23.2 Å². The lowest BCUT2D eigenvalue weighted by molar-refractivity contribution is 0.282. The van der Waals surface area contributed by atoms with Crippen LogP contribution in [0.3, 0.4) is 0 Å². The monoisotopic (exact) mass is 311 g/mol. The van der Waals surface area contributed by atoms with Crippen LogP contribution < -0.4 is 4.72 Å². The van der Waals surface area contributed by atoms with Crippen LogP contribution in [0.2, 0.25) is 5.02 Å². The molecule has 0 unspecified atom stereocenters. The van der Waals surface area contributed by atoms with Crippen LogP contribution in [0.5, 0.6) is 0 Å². The molecule has 2 aromatic rings. The lowest BCUT2D eigenvalue weighted by Crippen LogP contribution is -2.23. The van der Waals surface area contributed by atoms with Gasteiger partial charge >= 0.3 is 0 Å². The molecule has 2 aromatic carbocycles. The van der Waals surface area contributed by atoms with Gasteiger partial charge in [0.25, 0.3) is 0 Å². The van der Waals surface area contributed by atoms with E-state index in [-0.39, 0.29) is 18.0 Å². The molecular weight excluding hydrogens is 298 g/mol. The minimum atomic E-state index is -3.56. The van der Waals surface area contributed by atoms with Crippen molar-refractivity contribution in [3.05, 3.63) is 64.7 Å². The van der Waals surface area contributed by atoms with E-state index in [1.54, 1.807) is 36.4 Å². The van der Waals surface area contributed by atoms with Gasteiger partial charge in [0.1, 0.15) is 0 Å². The van der Waals surface area contributed by atoms with Gasteiger partial charge in [0.2, 0.25) is 10.0 Å². The average molecular weight is 312 g/mol. The van der Waals surface area contributed by atoms with Gasteiger partial charge in [-0.15, -0.1) is 0 Å². The summed E-state index contributed by atoms with van der Waals surface area (Å²) in [6.45, 7) is 0.0831. The van der Waals surface area contributed by atoms with E-state index >= 15 is 0 Å². The van der Waals surface area contributed by atoms with Crippen LogP contribution in [0, 0.1) is 0 Å². The van der Waals surface area contributed by atoms with Gasteiger partial charge < -0.3 is 5.11 Å². The Bertz CT molecular complexity index is 667. The normalized spacial score (nSPS) is 11.5. The van der Waals surface area contributed by atoms with E-state index in [4.69, 9.17) is 16.7 Å². The first-order chi connectivity index (χ1) is 9.51. The predicted octanol–water partition coefficient (Wildman–Crippen LogP) is 2.31. The molecule has 106 valence electrons. The minimum absolute atomic E-state index is 0.113. The molecule has 0 aliphatic heterocycles. The third-order valence-corrected chi connectivity index (χ3v) is 4.46. The summed E-state index contributed by atoms with van der Waals surface area (Å²) in [5, 5.41) is 9.54. The van der Waals surface area contributed by atoms with Crippen molar-refractivity contribution in [2.75, 3.05) is 0 Å². The third-order valence-electron chi connectivity index (χ3n) is 2.80. The van der Waals surface area contributed by atoms with E-state index in [0.29, 0.717) is 10.6 Å². The fourth-order valence-corrected chi connectivity index (χ4v) is 2.78. The highest BCUT2D eigenvalue weighted by atomic mass is 35.5. The van der Waals surface area contributed by atoms with Gasteiger partial charge in [-0.25, -0.2) is 13.1 Å². The second-order valence-electron chi connectivity index (χ2n) is 4.25. The molecule has 2 rings (SSSR count). The Morgan fingerprint density at radius 2 is 1.50 bits per heavy atom. The molecule has 0 radical (unpaired) electrons. The lowest BCUT2D eigenvalue weighted by atomic mass is 10.2. The summed E-state index contributed by atoms with van der Waals surface area (Å²) in [5.41, 5.74) is 1.49. The summed E-state index contributed by atoms with van der Waals surface area (Å²) in [5.74, 6) is 0. The largest absolute Gasteiger partial charge is 0.392 e. The van der Waals surface area contributed by atoms with E-state index < -0.39 is 10.0 Å². The third kappa shape index (κ3) is 3.80. The van der Waals surface area contributed by atoms with Crippen LogP contribution in [0.1, 0.15) is 11.1 Å². The van der Waals surface area contributed by atoms with Crippen LogP contribution in [0.25, 0.3) is 0 Å². The molecule has 20 heavy (non-hydrogen) atoms. The quantitative estimate of drug-likeness (QED) is 0.890. The van der Waals surface area contributed by atoms with E-state index in [1.807, 2.05) is 0 Å². The smallest absolute Gasteiger partial charge is 0.240 e. The van der Waals surface area contributed by atoms with Crippen LogP contribution in [-0.4, -0.2) is 13.5 Å². The van der Waals surface area contributed by atoms with E-state index in [0.717, 1.165) is 5.56 Å². The number of aliphatic hydroxyl groups excluding tert-OH is 1. The number of aliphatic hydroxyl groups is 1. The van der Waals surface area contributed by atoms with Crippen molar-refractivity contribution in [3.63, 3.8) is 0 Å². The fourth-order valence-electron chi connectivity index (χ4n) is 1.64. The lowest BCUT2D eigenvalue weighted by Gasteiger charge is -2.07. The molecular formula is C14H14ClNO3S. The molecule has 0 aromatic heterocycles. The zero-order chi connectivity index (χ0) is 14.6. The molecule has 0 fully saturated rings. The predicted molar refractivity (Wildman–Crippen MR) is 77.8 cm³/mol. The molecule has 0 heterocycles. The number of benzene rings is 2. The van der Waals surface area contributed by atoms with Crippen molar-refractivity contribution in [2.45, 2.75) is 18.0 Å². The summed E-state index contributed by atoms with van der Waals surface area (Å²) in [7, 11) is -3.56. The van der Waals surface area contributed by atoms with E-state index in [1.165, 1.54) is 12.1 Å². The van der Waals surface area contributed by atoms with Gasteiger partial charge in [-0.3, -0.25) is 0 Å². The van der Waals surface area contributed by atoms with Crippen LogP contribution >= 0.6 is 11.6 Å². The number of hydrogen-bond donors (Lipinski definition) is 2. The fraction of sp³-hybridized carbons (Fsp3) is 0.143. The summed E-state index contributed by atoms with van der Waals surface area (Å²) in [6, 6.07) is 13.0. The number of nitrogens with one attached hydrogen (secondary N) is 1. The molecule has 0 saturated carbocycles. The zero-order valence-electron chi connectivity index (χ0n) is 10.6. The first-order valence-corrected chi connectivity index (χ1v) is 7.81. The molecule has 0 amide bonds.